The molecular formula is C22H27N3O3. The van der Waals surface area contributed by atoms with Gasteiger partial charge in [0.05, 0.1) is 11.1 Å². The van der Waals surface area contributed by atoms with Crippen LogP contribution in [-0.4, -0.2) is 39.1 Å². The van der Waals surface area contributed by atoms with Crippen molar-refractivity contribution in [1.82, 2.24) is 0 Å². The van der Waals surface area contributed by atoms with E-state index in [9.17, 15) is 9.59 Å². The minimum absolute atomic E-state index is 0.0338. The fourth-order valence-corrected chi connectivity index (χ4v) is 3.15. The van der Waals surface area contributed by atoms with E-state index in [0.717, 1.165) is 11.4 Å². The predicted molar refractivity (Wildman–Crippen MR) is 112 cm³/mol. The van der Waals surface area contributed by atoms with Crippen molar-refractivity contribution >= 4 is 28.9 Å². The number of carbonyl (C=O) groups excluding carboxylic acids is 2. The highest BCUT2D eigenvalue weighted by atomic mass is 16.5. The molecule has 2 amide bonds. The number of fused-ring (bicyclic) bond motifs is 1. The van der Waals surface area contributed by atoms with Crippen LogP contribution < -0.4 is 19.9 Å². The fourth-order valence-electron chi connectivity index (χ4n) is 3.15. The first kappa shape index (κ1) is 19.7. The molecule has 0 unspecified atom stereocenters. The molecule has 1 N–H and O–H groups in total. The second-order valence-corrected chi connectivity index (χ2v) is 7.80. The first-order chi connectivity index (χ1) is 13.2. The maximum atomic E-state index is 12.8. The van der Waals surface area contributed by atoms with Gasteiger partial charge in [-0.1, -0.05) is 0 Å². The molecule has 0 aromatic heterocycles. The maximum absolute atomic E-state index is 12.8. The van der Waals surface area contributed by atoms with Gasteiger partial charge in [-0.25, -0.2) is 0 Å². The van der Waals surface area contributed by atoms with Gasteiger partial charge in [0.25, 0.3) is 5.91 Å². The van der Waals surface area contributed by atoms with Crippen LogP contribution in [0.5, 0.6) is 5.75 Å². The number of benzene rings is 2. The highest BCUT2D eigenvalue weighted by Gasteiger charge is 2.37. The summed E-state index contributed by atoms with van der Waals surface area (Å²) < 4.78 is 5.92. The molecule has 6 nitrogen and oxygen atoms in total. The highest BCUT2D eigenvalue weighted by Crippen LogP contribution is 2.38. The third-order valence-corrected chi connectivity index (χ3v) is 4.88. The second-order valence-electron chi connectivity index (χ2n) is 7.80. The summed E-state index contributed by atoms with van der Waals surface area (Å²) in [5.41, 5.74) is 2.36. The Kier molecular flexibility index (Phi) is 5.31. The minimum atomic E-state index is -0.605. The van der Waals surface area contributed by atoms with Gasteiger partial charge in [-0.3, -0.25) is 9.59 Å². The molecule has 6 heteroatoms. The van der Waals surface area contributed by atoms with Crippen LogP contribution in [0.1, 0.15) is 31.1 Å². The molecule has 0 saturated heterocycles. The molecule has 0 aliphatic carbocycles. The molecule has 1 heterocycles. The molecule has 2 aromatic carbocycles. The van der Waals surface area contributed by atoms with Gasteiger partial charge >= 0.3 is 0 Å². The average molecular weight is 381 g/mol. The van der Waals surface area contributed by atoms with Crippen molar-refractivity contribution in [3.05, 3.63) is 48.0 Å². The standard InChI is InChI=1S/C22H27N3O3/c1-6-25-18-12-9-16(13-19(18)28-14-22(2,3)21(25)27)23-20(26)15-7-10-17(11-8-15)24(4)5/h7-13H,6,14H2,1-5H3,(H,23,26). The van der Waals surface area contributed by atoms with Crippen LogP contribution in [0.2, 0.25) is 0 Å². The van der Waals surface area contributed by atoms with E-state index in [4.69, 9.17) is 4.74 Å². The van der Waals surface area contributed by atoms with Gasteiger partial charge in [-0.2, -0.15) is 0 Å². The Morgan fingerprint density at radius 3 is 2.46 bits per heavy atom. The third-order valence-electron chi connectivity index (χ3n) is 4.88. The molecule has 0 atom stereocenters. The van der Waals surface area contributed by atoms with Gasteiger partial charge in [0.1, 0.15) is 12.4 Å². The zero-order chi connectivity index (χ0) is 20.5. The first-order valence-corrected chi connectivity index (χ1v) is 9.40. The van der Waals surface area contributed by atoms with E-state index < -0.39 is 5.41 Å². The Morgan fingerprint density at radius 2 is 1.86 bits per heavy atom. The van der Waals surface area contributed by atoms with Crippen LogP contribution in [-0.2, 0) is 4.79 Å². The van der Waals surface area contributed by atoms with Crippen molar-refractivity contribution in [2.45, 2.75) is 20.8 Å². The van der Waals surface area contributed by atoms with Crippen molar-refractivity contribution in [1.29, 1.82) is 0 Å². The van der Waals surface area contributed by atoms with Crippen LogP contribution >= 0.6 is 0 Å². The minimum Gasteiger partial charge on any atom is -0.490 e. The number of nitrogens with one attached hydrogen (secondary N) is 1. The molecule has 1 aliphatic heterocycles. The molecule has 148 valence electrons. The van der Waals surface area contributed by atoms with Gasteiger partial charge in [0.2, 0.25) is 5.91 Å². The molecule has 1 aliphatic rings. The lowest BCUT2D eigenvalue weighted by molar-refractivity contribution is -0.127. The van der Waals surface area contributed by atoms with Crippen LogP contribution in [0.25, 0.3) is 0 Å². The van der Waals surface area contributed by atoms with Crippen molar-refractivity contribution in [2.75, 3.05) is 42.4 Å². The number of anilines is 3. The lowest BCUT2D eigenvalue weighted by atomic mass is 9.93. The summed E-state index contributed by atoms with van der Waals surface area (Å²) in [6.07, 6.45) is 0. The molecule has 28 heavy (non-hydrogen) atoms. The quantitative estimate of drug-likeness (QED) is 0.876. The van der Waals surface area contributed by atoms with Gasteiger partial charge in [0.15, 0.2) is 0 Å². The van der Waals surface area contributed by atoms with Gasteiger partial charge in [-0.15, -0.1) is 0 Å². The number of amides is 2. The Labute approximate surface area is 166 Å². The summed E-state index contributed by atoms with van der Waals surface area (Å²) in [6, 6.07) is 12.8. The summed E-state index contributed by atoms with van der Waals surface area (Å²) in [5, 5.41) is 2.91. The van der Waals surface area contributed by atoms with Crippen LogP contribution in [0.3, 0.4) is 0 Å². The van der Waals surface area contributed by atoms with Crippen LogP contribution in [0.4, 0.5) is 17.1 Å². The normalized spacial score (nSPS) is 15.3. The number of rotatable bonds is 4. The van der Waals surface area contributed by atoms with Crippen molar-refractivity contribution in [2.24, 2.45) is 5.41 Å². The Balaban J connectivity index is 1.83. The Hall–Kier alpha value is -3.02. The van der Waals surface area contributed by atoms with E-state index in [1.807, 2.05) is 58.0 Å². The Bertz CT molecular complexity index is 888. The number of carbonyl (C=O) groups is 2. The zero-order valence-corrected chi connectivity index (χ0v) is 17.1. The maximum Gasteiger partial charge on any atom is 0.255 e. The molecule has 2 aromatic rings. The second kappa shape index (κ2) is 7.54. The third kappa shape index (κ3) is 3.81. The fraction of sp³-hybridized carbons (Fsp3) is 0.364. The van der Waals surface area contributed by atoms with Crippen molar-refractivity contribution in [3.8, 4) is 5.75 Å². The lowest BCUT2D eigenvalue weighted by Crippen LogP contribution is -2.42. The topological polar surface area (TPSA) is 61.9 Å². The monoisotopic (exact) mass is 381 g/mol. The summed E-state index contributed by atoms with van der Waals surface area (Å²) in [4.78, 5) is 29.0. The van der Waals surface area contributed by atoms with E-state index >= 15 is 0 Å². The first-order valence-electron chi connectivity index (χ1n) is 9.40. The summed E-state index contributed by atoms with van der Waals surface area (Å²) in [7, 11) is 3.91. The van der Waals surface area contributed by atoms with Crippen molar-refractivity contribution < 1.29 is 14.3 Å². The summed E-state index contributed by atoms with van der Waals surface area (Å²) in [6.45, 7) is 6.55. The Morgan fingerprint density at radius 1 is 1.18 bits per heavy atom. The smallest absolute Gasteiger partial charge is 0.255 e. The summed E-state index contributed by atoms with van der Waals surface area (Å²) >= 11 is 0. The highest BCUT2D eigenvalue weighted by molar-refractivity contribution is 6.05. The lowest BCUT2D eigenvalue weighted by Gasteiger charge is -2.26. The van der Waals surface area contributed by atoms with Gasteiger partial charge in [0, 0.05) is 43.6 Å². The van der Waals surface area contributed by atoms with E-state index in [1.54, 1.807) is 29.2 Å². The predicted octanol–water partition coefficient (Wildman–Crippen LogP) is 3.78. The number of hydrogen-bond acceptors (Lipinski definition) is 4. The van der Waals surface area contributed by atoms with E-state index in [0.29, 0.717) is 30.2 Å². The SMILES string of the molecule is CCN1C(=O)C(C)(C)COc2cc(NC(=O)c3ccc(N(C)C)cc3)ccc21. The largest absolute Gasteiger partial charge is 0.490 e. The molecule has 0 radical (unpaired) electrons. The molecule has 0 saturated carbocycles. The van der Waals surface area contributed by atoms with Crippen LogP contribution in [0.15, 0.2) is 42.5 Å². The molecule has 0 fully saturated rings. The van der Waals surface area contributed by atoms with Crippen molar-refractivity contribution in [3.63, 3.8) is 0 Å². The van der Waals surface area contributed by atoms with E-state index in [-0.39, 0.29) is 11.8 Å². The van der Waals surface area contributed by atoms with Gasteiger partial charge in [-0.05, 0) is 57.2 Å². The molecular weight excluding hydrogens is 354 g/mol. The summed E-state index contributed by atoms with van der Waals surface area (Å²) in [5.74, 6) is 0.440. The average Bonchev–Trinajstić information content (AvgIpc) is 2.76. The molecule has 0 spiro atoms. The molecule has 3 rings (SSSR count). The number of hydrogen-bond donors (Lipinski definition) is 1. The van der Waals surface area contributed by atoms with Crippen LogP contribution in [0, 0.1) is 5.41 Å². The van der Waals surface area contributed by atoms with Gasteiger partial charge < -0.3 is 19.9 Å². The molecule has 0 bridgehead atoms. The van der Waals surface area contributed by atoms with E-state index in [2.05, 4.69) is 5.32 Å². The number of nitrogens with zero attached hydrogens (tertiary/aromatic N) is 2. The zero-order valence-electron chi connectivity index (χ0n) is 17.1. The number of ether oxygens (including phenoxy) is 1. The van der Waals surface area contributed by atoms with E-state index in [1.165, 1.54) is 0 Å².